The second-order valence-electron chi connectivity index (χ2n) is 6.20. The van der Waals surface area contributed by atoms with Crippen molar-refractivity contribution >= 4 is 5.97 Å². The first-order chi connectivity index (χ1) is 10.3. The lowest BCUT2D eigenvalue weighted by Gasteiger charge is -2.34. The van der Waals surface area contributed by atoms with Crippen LogP contribution in [0.5, 0.6) is 5.75 Å². The number of aliphatic carboxylic acids is 1. The van der Waals surface area contributed by atoms with Gasteiger partial charge in [0.25, 0.3) is 0 Å². The van der Waals surface area contributed by atoms with Gasteiger partial charge in [0, 0.05) is 5.92 Å². The van der Waals surface area contributed by atoms with Crippen molar-refractivity contribution in [2.75, 3.05) is 0 Å². The average Bonchev–Trinajstić information content (AvgIpc) is 2.44. The summed E-state index contributed by atoms with van der Waals surface area (Å²) in [5, 5.41) is 19.2. The Labute approximate surface area is 132 Å². The summed E-state index contributed by atoms with van der Waals surface area (Å²) in [6.07, 6.45) is 0.353. The van der Waals surface area contributed by atoms with Gasteiger partial charge in [-0.25, -0.2) is 0 Å². The average molecular weight is 303 g/mol. The molecule has 22 heavy (non-hydrogen) atoms. The fourth-order valence-corrected chi connectivity index (χ4v) is 2.96. The molecule has 1 aromatic carbocycles. The van der Waals surface area contributed by atoms with E-state index in [1.165, 1.54) is 0 Å². The van der Waals surface area contributed by atoms with E-state index in [2.05, 4.69) is 6.07 Å². The van der Waals surface area contributed by atoms with Crippen molar-refractivity contribution in [3.05, 3.63) is 29.8 Å². The highest BCUT2D eigenvalue weighted by Crippen LogP contribution is 2.44. The van der Waals surface area contributed by atoms with E-state index >= 15 is 0 Å². The van der Waals surface area contributed by atoms with Gasteiger partial charge >= 0.3 is 5.97 Å². The Morgan fingerprint density at radius 1 is 1.27 bits per heavy atom. The van der Waals surface area contributed by atoms with Crippen LogP contribution < -0.4 is 4.74 Å². The van der Waals surface area contributed by atoms with Crippen molar-refractivity contribution in [1.82, 2.24) is 0 Å². The van der Waals surface area contributed by atoms with Crippen molar-refractivity contribution < 1.29 is 14.6 Å². The number of nitrogens with zero attached hydrogens (tertiary/aromatic N) is 1. The van der Waals surface area contributed by atoms with E-state index < -0.39 is 11.4 Å². The van der Waals surface area contributed by atoms with Gasteiger partial charge in [-0.15, -0.1) is 0 Å². The molecule has 0 aromatic heterocycles. The third kappa shape index (κ3) is 3.59. The van der Waals surface area contributed by atoms with Crippen LogP contribution in [-0.2, 0) is 4.79 Å². The van der Waals surface area contributed by atoms with E-state index in [0.717, 1.165) is 11.3 Å². The number of rotatable bonds is 7. The number of carboxylic acid groups (broad SMARTS) is 1. The second-order valence-corrected chi connectivity index (χ2v) is 6.20. The van der Waals surface area contributed by atoms with Crippen molar-refractivity contribution in [3.63, 3.8) is 0 Å². The Balaban J connectivity index is 3.27. The number of carboxylic acids is 1. The number of hydrogen-bond donors (Lipinski definition) is 1. The maximum Gasteiger partial charge on any atom is 0.324 e. The highest BCUT2D eigenvalue weighted by molar-refractivity contribution is 5.79. The molecule has 2 unspecified atom stereocenters. The first-order valence-corrected chi connectivity index (χ1v) is 7.69. The van der Waals surface area contributed by atoms with Gasteiger partial charge in [0.2, 0.25) is 0 Å². The van der Waals surface area contributed by atoms with Crippen LogP contribution in [0.25, 0.3) is 0 Å². The Hall–Kier alpha value is -2.02. The minimum Gasteiger partial charge on any atom is -0.491 e. The maximum absolute atomic E-state index is 11.8. The molecule has 0 fully saturated rings. The number of ether oxygens (including phenoxy) is 1. The summed E-state index contributed by atoms with van der Waals surface area (Å²) in [7, 11) is 0. The maximum atomic E-state index is 11.8. The van der Waals surface area contributed by atoms with E-state index in [9.17, 15) is 15.2 Å². The summed E-state index contributed by atoms with van der Waals surface area (Å²) in [6, 6.07) is 9.47. The van der Waals surface area contributed by atoms with Crippen molar-refractivity contribution in [1.29, 1.82) is 5.26 Å². The summed E-state index contributed by atoms with van der Waals surface area (Å²) in [6.45, 7) is 9.56. The highest BCUT2D eigenvalue weighted by Gasteiger charge is 2.47. The lowest BCUT2D eigenvalue weighted by atomic mass is 9.66. The van der Waals surface area contributed by atoms with Crippen LogP contribution in [-0.4, -0.2) is 17.2 Å². The number of hydrogen-bond acceptors (Lipinski definition) is 3. The van der Waals surface area contributed by atoms with Gasteiger partial charge in [0.05, 0.1) is 12.2 Å². The molecule has 0 aliphatic heterocycles. The molecule has 0 amide bonds. The largest absolute Gasteiger partial charge is 0.491 e. The molecular formula is C18H25NO3. The minimum absolute atomic E-state index is 0.0348. The summed E-state index contributed by atoms with van der Waals surface area (Å²) in [5.41, 5.74) is -0.550. The smallest absolute Gasteiger partial charge is 0.324 e. The number of nitriles is 1. The molecular weight excluding hydrogens is 278 g/mol. The molecule has 0 spiro atoms. The molecule has 0 heterocycles. The van der Waals surface area contributed by atoms with Crippen molar-refractivity contribution in [3.8, 4) is 11.8 Å². The molecule has 120 valence electrons. The molecule has 0 saturated carbocycles. The fourth-order valence-electron chi connectivity index (χ4n) is 2.96. The zero-order valence-electron chi connectivity index (χ0n) is 14.0. The van der Waals surface area contributed by atoms with Gasteiger partial charge in [0.1, 0.15) is 5.75 Å². The van der Waals surface area contributed by atoms with Gasteiger partial charge < -0.3 is 9.84 Å². The van der Waals surface area contributed by atoms with Crippen LogP contribution >= 0.6 is 0 Å². The van der Waals surface area contributed by atoms with Gasteiger partial charge in [0.15, 0.2) is 5.41 Å². The predicted octanol–water partition coefficient (Wildman–Crippen LogP) is 4.22. The molecule has 0 radical (unpaired) electrons. The zero-order valence-corrected chi connectivity index (χ0v) is 14.0. The van der Waals surface area contributed by atoms with Crippen LogP contribution in [0, 0.1) is 22.7 Å². The lowest BCUT2D eigenvalue weighted by Crippen LogP contribution is -2.38. The van der Waals surface area contributed by atoms with Gasteiger partial charge in [-0.05, 0) is 43.9 Å². The molecule has 4 nitrogen and oxygen atoms in total. The highest BCUT2D eigenvalue weighted by atomic mass is 16.5. The van der Waals surface area contributed by atoms with E-state index in [0.29, 0.717) is 0 Å². The van der Waals surface area contributed by atoms with E-state index in [4.69, 9.17) is 4.74 Å². The summed E-state index contributed by atoms with van der Waals surface area (Å²) in [4.78, 5) is 11.8. The molecule has 1 aromatic rings. The molecule has 4 heteroatoms. The SMILES string of the molecule is CCC(C#N)(C(=O)O)C(c1ccc(OC(C)C)cc1)C(C)C. The van der Waals surface area contributed by atoms with Crippen LogP contribution in [0.3, 0.4) is 0 Å². The third-order valence-electron chi connectivity index (χ3n) is 3.95. The van der Waals surface area contributed by atoms with Gasteiger partial charge in [-0.2, -0.15) is 5.26 Å². The Morgan fingerprint density at radius 3 is 2.14 bits per heavy atom. The minimum atomic E-state index is -1.41. The predicted molar refractivity (Wildman–Crippen MR) is 85.8 cm³/mol. The van der Waals surface area contributed by atoms with Crippen LogP contribution in [0.15, 0.2) is 24.3 Å². The van der Waals surface area contributed by atoms with E-state index in [-0.39, 0.29) is 24.4 Å². The van der Waals surface area contributed by atoms with Crippen LogP contribution in [0.4, 0.5) is 0 Å². The van der Waals surface area contributed by atoms with Crippen LogP contribution in [0.2, 0.25) is 0 Å². The van der Waals surface area contributed by atoms with Gasteiger partial charge in [-0.3, -0.25) is 4.79 Å². The molecule has 1 rings (SSSR count). The fraction of sp³-hybridized carbons (Fsp3) is 0.556. The number of benzene rings is 1. The monoisotopic (exact) mass is 303 g/mol. The Kier molecular flexibility index (Phi) is 5.99. The third-order valence-corrected chi connectivity index (χ3v) is 3.95. The summed E-state index contributed by atoms with van der Waals surface area (Å²) in [5.74, 6) is -0.644. The van der Waals surface area contributed by atoms with Gasteiger partial charge in [-0.1, -0.05) is 32.9 Å². The summed E-state index contributed by atoms with van der Waals surface area (Å²) < 4.78 is 5.61. The van der Waals surface area contributed by atoms with E-state index in [1.807, 2.05) is 52.0 Å². The molecule has 2 atom stereocenters. The quantitative estimate of drug-likeness (QED) is 0.818. The topological polar surface area (TPSA) is 70.3 Å². The normalized spacial score (nSPS) is 15.2. The zero-order chi connectivity index (χ0) is 16.9. The summed E-state index contributed by atoms with van der Waals surface area (Å²) >= 11 is 0. The molecule has 0 aliphatic rings. The molecule has 0 aliphatic carbocycles. The van der Waals surface area contributed by atoms with Crippen molar-refractivity contribution in [2.24, 2.45) is 11.3 Å². The van der Waals surface area contributed by atoms with Crippen molar-refractivity contribution in [2.45, 2.75) is 53.1 Å². The standard InChI is InChI=1S/C18H25NO3/c1-6-18(11-19,17(20)21)16(12(2)3)14-7-9-15(10-8-14)22-13(4)5/h7-10,12-13,16H,6H2,1-5H3,(H,20,21). The Bertz CT molecular complexity index is 542. The van der Waals surface area contributed by atoms with E-state index in [1.54, 1.807) is 6.92 Å². The first-order valence-electron chi connectivity index (χ1n) is 7.69. The molecule has 0 bridgehead atoms. The molecule has 1 N–H and O–H groups in total. The Morgan fingerprint density at radius 2 is 1.82 bits per heavy atom. The number of carbonyl (C=O) groups is 1. The second kappa shape index (κ2) is 7.31. The first kappa shape index (κ1) is 18.0. The van der Waals surface area contributed by atoms with Crippen LogP contribution in [0.1, 0.15) is 52.5 Å². The molecule has 0 saturated heterocycles. The lowest BCUT2D eigenvalue weighted by molar-refractivity contribution is -0.147.